The number of hydrogen-bond donors (Lipinski definition) is 1. The molecule has 3 nitrogen and oxygen atoms in total. The van der Waals surface area contributed by atoms with Crippen LogP contribution < -0.4 is 5.73 Å². The third-order valence-corrected chi connectivity index (χ3v) is 5.13. The topological polar surface area (TPSA) is 56.0 Å². The van der Waals surface area contributed by atoms with Gasteiger partial charge in [-0.3, -0.25) is 4.21 Å². The first-order valence-electron chi connectivity index (χ1n) is 8.34. The largest absolute Gasteiger partial charge is 0.396 e. The lowest BCUT2D eigenvalue weighted by atomic mass is 10.1. The van der Waals surface area contributed by atoms with E-state index in [2.05, 4.69) is 11.9 Å². The van der Waals surface area contributed by atoms with Crippen LogP contribution in [0.5, 0.6) is 0 Å². The van der Waals surface area contributed by atoms with Crippen LogP contribution in [-0.4, -0.2) is 14.9 Å². The second kappa shape index (κ2) is 11.7. The predicted octanol–water partition coefficient (Wildman–Crippen LogP) is 4.69. The Morgan fingerprint density at radius 2 is 1.57 bits per heavy atom. The first-order chi connectivity index (χ1) is 10.3. The van der Waals surface area contributed by atoms with Crippen LogP contribution >= 0.6 is 0 Å². The monoisotopic (exact) mass is 310 g/mol. The molecule has 0 fully saturated rings. The van der Waals surface area contributed by atoms with Crippen LogP contribution in [-0.2, 0) is 10.8 Å². The van der Waals surface area contributed by atoms with E-state index in [1.54, 1.807) is 18.3 Å². The number of unbranched alkanes of at least 4 members (excludes halogenated alkanes) is 9. The molecule has 1 aromatic rings. The minimum absolute atomic E-state index is 0.544. The molecular formula is C17H30N2OS. The van der Waals surface area contributed by atoms with Gasteiger partial charge in [-0.15, -0.1) is 0 Å². The third kappa shape index (κ3) is 8.20. The van der Waals surface area contributed by atoms with Crippen molar-refractivity contribution in [2.45, 2.75) is 76.2 Å². The zero-order valence-corrected chi connectivity index (χ0v) is 14.2. The molecule has 0 aliphatic carbocycles. The van der Waals surface area contributed by atoms with Gasteiger partial charge in [-0.05, 0) is 18.6 Å². The van der Waals surface area contributed by atoms with Gasteiger partial charge < -0.3 is 5.73 Å². The zero-order chi connectivity index (χ0) is 15.3. The Labute approximate surface area is 132 Å². The Hall–Kier alpha value is -0.900. The van der Waals surface area contributed by atoms with Crippen LogP contribution in [0.15, 0.2) is 23.4 Å². The first-order valence-corrected chi connectivity index (χ1v) is 9.66. The molecule has 1 atom stereocenters. The summed E-state index contributed by atoms with van der Waals surface area (Å²) in [6, 6.07) is 3.54. The summed E-state index contributed by atoms with van der Waals surface area (Å²) in [6.45, 7) is 2.25. The highest BCUT2D eigenvalue weighted by atomic mass is 32.2. The average Bonchev–Trinajstić information content (AvgIpc) is 2.49. The molecule has 1 rings (SSSR count). The maximum atomic E-state index is 12.1. The maximum absolute atomic E-state index is 12.1. The Kier molecular flexibility index (Phi) is 10.1. The van der Waals surface area contributed by atoms with E-state index in [1.165, 1.54) is 51.4 Å². The Morgan fingerprint density at radius 1 is 1.00 bits per heavy atom. The number of anilines is 1. The standard InChI is InChI=1S/C17H30N2OS/c1-2-3-4-5-6-7-8-9-10-11-15-21(20)17-16(18)13-12-14-19-17/h12-14H,2-11,15,18H2,1H3. The van der Waals surface area contributed by atoms with Crippen LogP contribution in [0.1, 0.15) is 71.1 Å². The van der Waals surface area contributed by atoms with E-state index in [0.29, 0.717) is 16.5 Å². The van der Waals surface area contributed by atoms with Gasteiger partial charge in [0.2, 0.25) is 0 Å². The number of nitrogens with two attached hydrogens (primary N) is 1. The van der Waals surface area contributed by atoms with Crippen LogP contribution in [0.3, 0.4) is 0 Å². The first kappa shape index (κ1) is 18.1. The molecule has 0 bridgehead atoms. The summed E-state index contributed by atoms with van der Waals surface area (Å²) in [5, 5.41) is 0.549. The molecule has 21 heavy (non-hydrogen) atoms. The molecule has 0 saturated carbocycles. The van der Waals surface area contributed by atoms with E-state index in [9.17, 15) is 4.21 Å². The van der Waals surface area contributed by atoms with Crippen molar-refractivity contribution in [2.75, 3.05) is 11.5 Å². The number of nitrogens with zero attached hydrogens (tertiary/aromatic N) is 1. The van der Waals surface area contributed by atoms with E-state index in [1.807, 2.05) is 0 Å². The SMILES string of the molecule is CCCCCCCCCCCCS(=O)c1ncccc1N. The Balaban J connectivity index is 1.99. The van der Waals surface area contributed by atoms with Crippen molar-refractivity contribution in [3.8, 4) is 0 Å². The quantitative estimate of drug-likeness (QED) is 0.570. The third-order valence-electron chi connectivity index (χ3n) is 3.70. The van der Waals surface area contributed by atoms with Crippen molar-refractivity contribution in [1.29, 1.82) is 0 Å². The lowest BCUT2D eigenvalue weighted by Crippen LogP contribution is -2.04. The van der Waals surface area contributed by atoms with Gasteiger partial charge in [0, 0.05) is 11.9 Å². The van der Waals surface area contributed by atoms with E-state index < -0.39 is 10.8 Å². The van der Waals surface area contributed by atoms with Crippen LogP contribution in [0.25, 0.3) is 0 Å². The summed E-state index contributed by atoms with van der Waals surface area (Å²) in [4.78, 5) is 4.12. The lowest BCUT2D eigenvalue weighted by molar-refractivity contribution is 0.562. The summed E-state index contributed by atoms with van der Waals surface area (Å²) < 4.78 is 12.1. The van der Waals surface area contributed by atoms with Crippen molar-refractivity contribution in [3.05, 3.63) is 18.3 Å². The summed E-state index contributed by atoms with van der Waals surface area (Å²) in [5.41, 5.74) is 6.33. The van der Waals surface area contributed by atoms with Gasteiger partial charge in [0.05, 0.1) is 16.5 Å². The highest BCUT2D eigenvalue weighted by Gasteiger charge is 2.08. The van der Waals surface area contributed by atoms with Crippen molar-refractivity contribution < 1.29 is 4.21 Å². The fourth-order valence-electron chi connectivity index (χ4n) is 2.41. The lowest BCUT2D eigenvalue weighted by Gasteiger charge is -2.04. The predicted molar refractivity (Wildman–Crippen MR) is 91.8 cm³/mol. The smallest absolute Gasteiger partial charge is 0.150 e. The van der Waals surface area contributed by atoms with Gasteiger partial charge in [-0.25, -0.2) is 4.98 Å². The van der Waals surface area contributed by atoms with Crippen LogP contribution in [0, 0.1) is 0 Å². The Bertz CT molecular complexity index is 410. The molecule has 1 unspecified atom stereocenters. The summed E-state index contributed by atoms with van der Waals surface area (Å²) in [7, 11) is -1.04. The minimum atomic E-state index is -1.04. The minimum Gasteiger partial charge on any atom is -0.396 e. The summed E-state index contributed by atoms with van der Waals surface area (Å²) in [5.74, 6) is 0.678. The van der Waals surface area contributed by atoms with Crippen molar-refractivity contribution in [2.24, 2.45) is 0 Å². The number of pyridine rings is 1. The molecule has 120 valence electrons. The highest BCUT2D eigenvalue weighted by molar-refractivity contribution is 7.85. The molecule has 0 aromatic carbocycles. The molecule has 0 aliphatic rings. The van der Waals surface area contributed by atoms with E-state index in [0.717, 1.165) is 12.8 Å². The van der Waals surface area contributed by atoms with E-state index in [4.69, 9.17) is 5.73 Å². The molecule has 1 heterocycles. The van der Waals surface area contributed by atoms with Gasteiger partial charge in [-0.1, -0.05) is 64.7 Å². The average molecular weight is 311 g/mol. The van der Waals surface area contributed by atoms with Gasteiger partial charge in [0.1, 0.15) is 5.03 Å². The number of aromatic nitrogens is 1. The summed E-state index contributed by atoms with van der Waals surface area (Å²) >= 11 is 0. The van der Waals surface area contributed by atoms with Crippen LogP contribution in [0.2, 0.25) is 0 Å². The molecule has 0 aliphatic heterocycles. The normalized spacial score (nSPS) is 12.4. The molecule has 4 heteroatoms. The maximum Gasteiger partial charge on any atom is 0.150 e. The molecule has 0 saturated heterocycles. The molecule has 0 spiro atoms. The molecular weight excluding hydrogens is 280 g/mol. The Morgan fingerprint density at radius 3 is 2.14 bits per heavy atom. The molecule has 2 N–H and O–H groups in total. The number of rotatable bonds is 12. The van der Waals surface area contributed by atoms with Crippen molar-refractivity contribution >= 4 is 16.5 Å². The second-order valence-electron chi connectivity index (χ2n) is 5.63. The van der Waals surface area contributed by atoms with E-state index in [-0.39, 0.29) is 0 Å². The fraction of sp³-hybridized carbons (Fsp3) is 0.706. The van der Waals surface area contributed by atoms with Gasteiger partial charge >= 0.3 is 0 Å². The van der Waals surface area contributed by atoms with Gasteiger partial charge in [-0.2, -0.15) is 0 Å². The van der Waals surface area contributed by atoms with Crippen LogP contribution in [0.4, 0.5) is 5.69 Å². The summed E-state index contributed by atoms with van der Waals surface area (Å²) in [6.07, 6.45) is 14.6. The zero-order valence-electron chi connectivity index (χ0n) is 13.4. The van der Waals surface area contributed by atoms with Gasteiger partial charge in [0.25, 0.3) is 0 Å². The molecule has 0 radical (unpaired) electrons. The van der Waals surface area contributed by atoms with Gasteiger partial charge in [0.15, 0.2) is 0 Å². The second-order valence-corrected chi connectivity index (χ2v) is 7.12. The number of nitrogen functional groups attached to an aromatic ring is 1. The fourth-order valence-corrected chi connectivity index (χ4v) is 3.58. The number of hydrogen-bond acceptors (Lipinski definition) is 3. The molecule has 1 aromatic heterocycles. The van der Waals surface area contributed by atoms with Crippen molar-refractivity contribution in [3.63, 3.8) is 0 Å². The molecule has 0 amide bonds. The highest BCUT2D eigenvalue weighted by Crippen LogP contribution is 2.15. The van der Waals surface area contributed by atoms with Crippen molar-refractivity contribution in [1.82, 2.24) is 4.98 Å². The van der Waals surface area contributed by atoms with E-state index >= 15 is 0 Å².